The van der Waals surface area contributed by atoms with Gasteiger partial charge in [-0.1, -0.05) is 23.7 Å². The molecule has 0 radical (unpaired) electrons. The van der Waals surface area contributed by atoms with Crippen molar-refractivity contribution < 1.29 is 14.4 Å². The fraction of sp³-hybridized carbons (Fsp3) is 0.250. The Bertz CT molecular complexity index is 997. The molecule has 1 aliphatic heterocycles. The molecule has 2 heterocycles. The van der Waals surface area contributed by atoms with Gasteiger partial charge in [-0.3, -0.25) is 19.3 Å². The molecular weight excluding hydrogens is 398 g/mol. The maximum absolute atomic E-state index is 12.7. The number of carbonyl (C=O) groups excluding carboxylic acids is 3. The summed E-state index contributed by atoms with van der Waals surface area (Å²) in [6, 6.07) is 8.76. The topological polar surface area (TPSA) is 71.4 Å². The van der Waals surface area contributed by atoms with E-state index in [9.17, 15) is 14.4 Å². The average molecular weight is 418 g/mol. The molecule has 3 rings (SSSR count). The molecule has 0 atom stereocenters. The summed E-state index contributed by atoms with van der Waals surface area (Å²) in [7, 11) is 0. The summed E-state index contributed by atoms with van der Waals surface area (Å²) in [6.07, 6.45) is 1.71. The summed E-state index contributed by atoms with van der Waals surface area (Å²) >= 11 is 6.86. The quantitative estimate of drug-likeness (QED) is 0.729. The van der Waals surface area contributed by atoms with E-state index in [1.54, 1.807) is 30.3 Å². The van der Waals surface area contributed by atoms with E-state index in [0.29, 0.717) is 15.6 Å². The van der Waals surface area contributed by atoms with E-state index in [2.05, 4.69) is 16.8 Å². The van der Waals surface area contributed by atoms with Crippen LogP contribution in [0.3, 0.4) is 0 Å². The van der Waals surface area contributed by atoms with Crippen LogP contribution in [0.4, 0.5) is 10.5 Å². The first-order valence-electron chi connectivity index (χ1n) is 8.78. The third kappa shape index (κ3) is 4.00. The normalized spacial score (nSPS) is 15.6. The lowest BCUT2D eigenvalue weighted by atomic mass is 10.2. The van der Waals surface area contributed by atoms with Crippen molar-refractivity contribution in [2.75, 3.05) is 11.9 Å². The van der Waals surface area contributed by atoms with E-state index in [1.165, 1.54) is 0 Å². The Hall–Kier alpha value is -2.51. The number of hydrogen-bond acceptors (Lipinski definition) is 4. The molecule has 28 heavy (non-hydrogen) atoms. The molecule has 0 bridgehead atoms. The number of nitrogens with zero attached hydrogens (tertiary/aromatic N) is 2. The molecule has 3 amide bonds. The first kappa shape index (κ1) is 20.2. The molecule has 2 aromatic rings. The van der Waals surface area contributed by atoms with Crippen molar-refractivity contribution in [2.45, 2.75) is 27.3 Å². The number of anilines is 1. The molecule has 1 aliphatic rings. The van der Waals surface area contributed by atoms with Gasteiger partial charge in [0.15, 0.2) is 0 Å². The van der Waals surface area contributed by atoms with Gasteiger partial charge in [-0.15, -0.1) is 0 Å². The van der Waals surface area contributed by atoms with Crippen LogP contribution in [-0.2, 0) is 16.1 Å². The number of nitrogens with one attached hydrogen (secondary N) is 1. The minimum absolute atomic E-state index is 0.312. The Labute approximate surface area is 172 Å². The van der Waals surface area contributed by atoms with Crippen LogP contribution >= 0.6 is 23.4 Å². The van der Waals surface area contributed by atoms with Crippen LogP contribution in [0.2, 0.25) is 5.02 Å². The molecule has 1 N–H and O–H groups in total. The number of imide groups is 1. The zero-order chi connectivity index (χ0) is 20.4. The predicted molar refractivity (Wildman–Crippen MR) is 112 cm³/mol. The van der Waals surface area contributed by atoms with Crippen molar-refractivity contribution in [1.29, 1.82) is 0 Å². The van der Waals surface area contributed by atoms with Crippen LogP contribution in [0, 0.1) is 13.8 Å². The second-order valence-corrected chi connectivity index (χ2v) is 7.77. The predicted octanol–water partition coefficient (Wildman–Crippen LogP) is 4.45. The summed E-state index contributed by atoms with van der Waals surface area (Å²) in [5, 5.41) is 2.54. The highest BCUT2D eigenvalue weighted by Gasteiger charge is 2.36. The lowest BCUT2D eigenvalue weighted by molar-refractivity contribution is -0.127. The van der Waals surface area contributed by atoms with E-state index < -0.39 is 17.1 Å². The standard InChI is InChI=1S/C20H20ClN3O3S/c1-4-23-12(2)9-14(13(23)3)10-17-19(26)24(20(27)28-17)11-18(25)22-16-8-6-5-7-15(16)21/h5-10H,4,11H2,1-3H3,(H,22,25)/b17-10+. The molecule has 1 fully saturated rings. The van der Waals surface area contributed by atoms with E-state index in [4.69, 9.17) is 11.6 Å². The van der Waals surface area contributed by atoms with Crippen LogP contribution in [0.1, 0.15) is 23.9 Å². The lowest BCUT2D eigenvalue weighted by Gasteiger charge is -2.13. The van der Waals surface area contributed by atoms with Crippen molar-refractivity contribution in [3.8, 4) is 0 Å². The minimum Gasteiger partial charge on any atom is -0.349 e. The number of amides is 3. The van der Waals surface area contributed by atoms with E-state index in [1.807, 2.05) is 19.9 Å². The number of carbonyl (C=O) groups is 3. The molecule has 6 nitrogen and oxygen atoms in total. The summed E-state index contributed by atoms with van der Waals surface area (Å²) in [6.45, 7) is 6.49. The Morgan fingerprint density at radius 3 is 2.61 bits per heavy atom. The summed E-state index contributed by atoms with van der Waals surface area (Å²) in [5.41, 5.74) is 3.45. The lowest BCUT2D eigenvalue weighted by Crippen LogP contribution is -2.36. The number of thioether (sulfide) groups is 1. The zero-order valence-electron chi connectivity index (χ0n) is 15.8. The zero-order valence-corrected chi connectivity index (χ0v) is 17.4. The van der Waals surface area contributed by atoms with Gasteiger partial charge >= 0.3 is 0 Å². The number of aryl methyl sites for hydroxylation is 1. The van der Waals surface area contributed by atoms with Gasteiger partial charge in [0.2, 0.25) is 5.91 Å². The van der Waals surface area contributed by atoms with Crippen LogP contribution in [0.5, 0.6) is 0 Å². The van der Waals surface area contributed by atoms with Gasteiger partial charge in [0, 0.05) is 17.9 Å². The van der Waals surface area contributed by atoms with Crippen LogP contribution < -0.4 is 5.32 Å². The molecule has 1 aromatic carbocycles. The second kappa shape index (κ2) is 8.24. The van der Waals surface area contributed by atoms with Crippen molar-refractivity contribution >= 4 is 52.2 Å². The maximum atomic E-state index is 12.7. The van der Waals surface area contributed by atoms with Crippen molar-refractivity contribution in [3.05, 3.63) is 57.2 Å². The van der Waals surface area contributed by atoms with Crippen LogP contribution in [0.15, 0.2) is 35.2 Å². The van der Waals surface area contributed by atoms with E-state index >= 15 is 0 Å². The van der Waals surface area contributed by atoms with Crippen LogP contribution in [0.25, 0.3) is 6.08 Å². The highest BCUT2D eigenvalue weighted by molar-refractivity contribution is 8.18. The van der Waals surface area contributed by atoms with E-state index in [0.717, 1.165) is 40.2 Å². The Morgan fingerprint density at radius 1 is 1.25 bits per heavy atom. The molecule has 1 saturated heterocycles. The maximum Gasteiger partial charge on any atom is 0.294 e. The number of benzene rings is 1. The van der Waals surface area contributed by atoms with Gasteiger partial charge in [0.1, 0.15) is 6.54 Å². The third-order valence-corrected chi connectivity index (χ3v) is 5.78. The fourth-order valence-corrected chi connectivity index (χ4v) is 4.15. The van der Waals surface area contributed by atoms with Gasteiger partial charge in [0.05, 0.1) is 15.6 Å². The molecule has 8 heteroatoms. The molecule has 146 valence electrons. The molecule has 1 aromatic heterocycles. The van der Waals surface area contributed by atoms with E-state index in [-0.39, 0.29) is 6.54 Å². The van der Waals surface area contributed by atoms with Gasteiger partial charge in [-0.25, -0.2) is 0 Å². The highest BCUT2D eigenvalue weighted by atomic mass is 35.5. The third-order valence-electron chi connectivity index (χ3n) is 4.54. The second-order valence-electron chi connectivity index (χ2n) is 6.37. The highest BCUT2D eigenvalue weighted by Crippen LogP contribution is 2.33. The summed E-state index contributed by atoms with van der Waals surface area (Å²) in [4.78, 5) is 38.4. The van der Waals surface area contributed by atoms with Gasteiger partial charge in [-0.2, -0.15) is 0 Å². The van der Waals surface area contributed by atoms with Crippen molar-refractivity contribution in [3.63, 3.8) is 0 Å². The number of halogens is 1. The molecule has 0 aliphatic carbocycles. The molecular formula is C20H20ClN3O3S. The average Bonchev–Trinajstić information content (AvgIpc) is 3.06. The number of hydrogen-bond donors (Lipinski definition) is 1. The monoisotopic (exact) mass is 417 g/mol. The Morgan fingerprint density at radius 2 is 1.96 bits per heavy atom. The Balaban J connectivity index is 1.75. The molecule has 0 unspecified atom stereocenters. The molecule has 0 saturated carbocycles. The largest absolute Gasteiger partial charge is 0.349 e. The fourth-order valence-electron chi connectivity index (χ4n) is 3.13. The van der Waals surface area contributed by atoms with Gasteiger partial charge < -0.3 is 9.88 Å². The van der Waals surface area contributed by atoms with Crippen molar-refractivity contribution in [1.82, 2.24) is 9.47 Å². The summed E-state index contributed by atoms with van der Waals surface area (Å²) < 4.78 is 2.13. The minimum atomic E-state index is -0.485. The SMILES string of the molecule is CCn1c(C)cc(/C=C2/SC(=O)N(CC(=O)Nc3ccccc3Cl)C2=O)c1C. The summed E-state index contributed by atoms with van der Waals surface area (Å²) in [5.74, 6) is -0.952. The van der Waals surface area contributed by atoms with Crippen molar-refractivity contribution in [2.24, 2.45) is 0 Å². The smallest absolute Gasteiger partial charge is 0.294 e. The molecule has 0 spiro atoms. The van der Waals surface area contributed by atoms with Crippen LogP contribution in [-0.4, -0.2) is 33.1 Å². The van der Waals surface area contributed by atoms with Gasteiger partial charge in [-0.05, 0) is 62.4 Å². The number of aromatic nitrogens is 1. The Kier molecular flexibility index (Phi) is 5.96. The number of para-hydroxylation sites is 1. The number of rotatable bonds is 5. The van der Waals surface area contributed by atoms with Gasteiger partial charge in [0.25, 0.3) is 11.1 Å². The first-order valence-corrected chi connectivity index (χ1v) is 9.97. The first-order chi connectivity index (χ1) is 13.3.